The lowest BCUT2D eigenvalue weighted by Gasteiger charge is -2.32. The Kier molecular flexibility index (Phi) is 3.51. The van der Waals surface area contributed by atoms with Crippen molar-refractivity contribution in [2.45, 2.75) is 25.4 Å². The average Bonchev–Trinajstić information content (AvgIpc) is 2.84. The van der Waals surface area contributed by atoms with Crippen LogP contribution < -0.4 is 0 Å². The number of carbonyl (C=O) groups excluding carboxylic acids is 3. The lowest BCUT2D eigenvalue weighted by Crippen LogP contribution is -2.56. The van der Waals surface area contributed by atoms with Crippen LogP contribution in [-0.2, 0) is 16.1 Å². The first-order valence-corrected chi connectivity index (χ1v) is 7.00. The van der Waals surface area contributed by atoms with E-state index >= 15 is 0 Å². The molecule has 1 N–H and O–H groups in total. The molecule has 0 saturated carbocycles. The topological polar surface area (TPSA) is 138 Å². The van der Waals surface area contributed by atoms with E-state index in [0.29, 0.717) is 0 Å². The van der Waals surface area contributed by atoms with Gasteiger partial charge in [-0.2, -0.15) is 4.90 Å². The highest BCUT2D eigenvalue weighted by Crippen LogP contribution is 2.34. The zero-order chi connectivity index (χ0) is 17.6. The summed E-state index contributed by atoms with van der Waals surface area (Å²) in [6.45, 7) is -0.177. The summed E-state index contributed by atoms with van der Waals surface area (Å²) in [6, 6.07) is 2.90. The molecule has 10 heteroatoms. The minimum atomic E-state index is -1.70. The van der Waals surface area contributed by atoms with Crippen LogP contribution in [0.1, 0.15) is 28.8 Å². The molecular weight excluding hydrogens is 322 g/mol. The summed E-state index contributed by atoms with van der Waals surface area (Å²) in [5.74, 6) is -2.45. The van der Waals surface area contributed by atoms with E-state index in [-0.39, 0.29) is 41.1 Å². The van der Waals surface area contributed by atoms with Crippen LogP contribution >= 0.6 is 0 Å². The van der Waals surface area contributed by atoms with Gasteiger partial charge >= 0.3 is 6.09 Å². The molecule has 1 aromatic rings. The molecule has 1 fully saturated rings. The van der Waals surface area contributed by atoms with Gasteiger partial charge in [-0.3, -0.25) is 24.5 Å². The molecule has 0 radical (unpaired) electrons. The monoisotopic (exact) mass is 333 g/mol. The molecule has 1 unspecified atom stereocenters. The fourth-order valence-electron chi connectivity index (χ4n) is 3.02. The number of nitro groups is 1. The smallest absolute Gasteiger partial charge is 0.421 e. The van der Waals surface area contributed by atoms with Crippen molar-refractivity contribution in [1.82, 2.24) is 9.80 Å². The van der Waals surface area contributed by atoms with E-state index < -0.39 is 34.8 Å². The zero-order valence-corrected chi connectivity index (χ0v) is 12.2. The standard InChI is InChI=1S/C14H11N3O7/c18-11-5-4-10(13(20)16(11)14(21)22)15-6-8-7(12(15)19)2-1-3-9(8)17(23)24/h1-3,10H,4-6H2,(H,21,22). The summed E-state index contributed by atoms with van der Waals surface area (Å²) in [7, 11) is 0. The van der Waals surface area contributed by atoms with Crippen LogP contribution in [-0.4, -0.2) is 49.7 Å². The van der Waals surface area contributed by atoms with Gasteiger partial charge in [-0.25, -0.2) is 4.79 Å². The second-order valence-electron chi connectivity index (χ2n) is 5.40. The number of imide groups is 3. The third kappa shape index (κ3) is 2.19. The quantitative estimate of drug-likeness (QED) is 0.478. The molecule has 1 aromatic carbocycles. The van der Waals surface area contributed by atoms with Crippen LogP contribution in [0.2, 0.25) is 0 Å². The van der Waals surface area contributed by atoms with Crippen LogP contribution in [0.15, 0.2) is 18.2 Å². The molecule has 2 aliphatic rings. The van der Waals surface area contributed by atoms with E-state index in [2.05, 4.69) is 0 Å². The van der Waals surface area contributed by atoms with Gasteiger partial charge in [0.15, 0.2) is 0 Å². The summed E-state index contributed by atoms with van der Waals surface area (Å²) >= 11 is 0. The number of nitro benzene ring substituents is 1. The number of fused-ring (bicyclic) bond motifs is 1. The maximum absolute atomic E-state index is 12.5. The summed E-state index contributed by atoms with van der Waals surface area (Å²) in [5.41, 5.74) is 0.0487. The van der Waals surface area contributed by atoms with Crippen LogP contribution in [0, 0.1) is 10.1 Å². The SMILES string of the molecule is O=C(O)N1C(=O)CCC(N2Cc3c(cccc3[N+](=O)[O-])C2=O)C1=O. The Hall–Kier alpha value is -3.30. The maximum Gasteiger partial charge on any atom is 0.421 e. The zero-order valence-electron chi connectivity index (χ0n) is 12.2. The van der Waals surface area contributed by atoms with Gasteiger partial charge in [0.1, 0.15) is 6.04 Å². The normalized spacial score (nSPS) is 20.3. The van der Waals surface area contributed by atoms with Crippen molar-refractivity contribution in [1.29, 1.82) is 0 Å². The average molecular weight is 333 g/mol. The second kappa shape index (κ2) is 5.41. The predicted octanol–water partition coefficient (Wildman–Crippen LogP) is 0.746. The summed E-state index contributed by atoms with van der Waals surface area (Å²) in [6.07, 6.45) is -1.93. The predicted molar refractivity (Wildman–Crippen MR) is 75.9 cm³/mol. The van der Waals surface area contributed by atoms with Crippen LogP contribution in [0.25, 0.3) is 0 Å². The highest BCUT2D eigenvalue weighted by molar-refractivity contribution is 6.13. The molecule has 3 rings (SSSR count). The number of carbonyl (C=O) groups is 4. The Balaban J connectivity index is 1.95. The molecule has 10 nitrogen and oxygen atoms in total. The van der Waals surface area contributed by atoms with Crippen molar-refractivity contribution < 1.29 is 29.2 Å². The first-order chi connectivity index (χ1) is 11.3. The Bertz CT molecular complexity index is 804. The van der Waals surface area contributed by atoms with Gasteiger partial charge in [0.2, 0.25) is 5.91 Å². The molecule has 1 atom stereocenters. The largest absolute Gasteiger partial charge is 0.464 e. The Labute approximate surface area is 134 Å². The van der Waals surface area contributed by atoms with Crippen LogP contribution in [0.5, 0.6) is 0 Å². The van der Waals surface area contributed by atoms with Crippen molar-refractivity contribution in [2.24, 2.45) is 0 Å². The number of hydrogen-bond acceptors (Lipinski definition) is 6. The van der Waals surface area contributed by atoms with Crippen molar-refractivity contribution in [2.75, 3.05) is 0 Å². The van der Waals surface area contributed by atoms with Gasteiger partial charge in [-0.1, -0.05) is 6.07 Å². The molecule has 124 valence electrons. The highest BCUT2D eigenvalue weighted by Gasteiger charge is 2.46. The molecule has 1 saturated heterocycles. The number of likely N-dealkylation sites (tertiary alicyclic amines) is 1. The first kappa shape index (κ1) is 15.6. The molecule has 24 heavy (non-hydrogen) atoms. The first-order valence-electron chi connectivity index (χ1n) is 7.00. The molecule has 2 aliphatic heterocycles. The van der Waals surface area contributed by atoms with Crippen LogP contribution in [0.3, 0.4) is 0 Å². The molecule has 0 aliphatic carbocycles. The number of carboxylic acid groups (broad SMARTS) is 1. The number of nitrogens with zero attached hydrogens (tertiary/aromatic N) is 3. The second-order valence-corrected chi connectivity index (χ2v) is 5.40. The molecular formula is C14H11N3O7. The number of rotatable bonds is 2. The number of hydrogen-bond donors (Lipinski definition) is 1. The summed E-state index contributed by atoms with van der Waals surface area (Å²) in [4.78, 5) is 59.0. The molecule has 2 heterocycles. The third-order valence-electron chi connectivity index (χ3n) is 4.12. The van der Waals surface area contributed by atoms with E-state index in [4.69, 9.17) is 5.11 Å². The van der Waals surface area contributed by atoms with E-state index in [1.165, 1.54) is 18.2 Å². The van der Waals surface area contributed by atoms with Gasteiger partial charge in [0.25, 0.3) is 17.5 Å². The Morgan fingerprint density at radius 2 is 2.00 bits per heavy atom. The lowest BCUT2D eigenvalue weighted by atomic mass is 10.0. The van der Waals surface area contributed by atoms with E-state index in [9.17, 15) is 29.3 Å². The fourth-order valence-corrected chi connectivity index (χ4v) is 3.02. The lowest BCUT2D eigenvalue weighted by molar-refractivity contribution is -0.385. The van der Waals surface area contributed by atoms with Gasteiger partial charge in [-0.05, 0) is 12.5 Å². The summed E-state index contributed by atoms with van der Waals surface area (Å²) < 4.78 is 0. The van der Waals surface area contributed by atoms with Crippen molar-refractivity contribution in [3.63, 3.8) is 0 Å². The third-order valence-corrected chi connectivity index (χ3v) is 4.12. The van der Waals surface area contributed by atoms with Gasteiger partial charge < -0.3 is 10.0 Å². The Morgan fingerprint density at radius 1 is 1.29 bits per heavy atom. The number of amides is 4. The van der Waals surface area contributed by atoms with Gasteiger partial charge in [0.05, 0.1) is 22.6 Å². The molecule has 4 amide bonds. The highest BCUT2D eigenvalue weighted by atomic mass is 16.6. The number of piperidine rings is 1. The van der Waals surface area contributed by atoms with Crippen molar-refractivity contribution in [3.8, 4) is 0 Å². The molecule has 0 spiro atoms. The van der Waals surface area contributed by atoms with Gasteiger partial charge in [0, 0.05) is 12.5 Å². The van der Waals surface area contributed by atoms with Crippen LogP contribution in [0.4, 0.5) is 10.5 Å². The molecule has 0 bridgehead atoms. The number of benzene rings is 1. The minimum absolute atomic E-state index is 0.0189. The van der Waals surface area contributed by atoms with Gasteiger partial charge in [-0.15, -0.1) is 0 Å². The minimum Gasteiger partial charge on any atom is -0.464 e. The fraction of sp³-hybridized carbons (Fsp3) is 0.286. The van der Waals surface area contributed by atoms with E-state index in [1.807, 2.05) is 0 Å². The van der Waals surface area contributed by atoms with E-state index in [0.717, 1.165) is 4.90 Å². The van der Waals surface area contributed by atoms with E-state index in [1.54, 1.807) is 0 Å². The molecule has 0 aromatic heterocycles. The Morgan fingerprint density at radius 3 is 2.62 bits per heavy atom. The maximum atomic E-state index is 12.5. The summed E-state index contributed by atoms with van der Waals surface area (Å²) in [5, 5.41) is 20.1. The van der Waals surface area contributed by atoms with Crippen molar-refractivity contribution in [3.05, 3.63) is 39.4 Å². The van der Waals surface area contributed by atoms with Crippen molar-refractivity contribution >= 4 is 29.5 Å².